The van der Waals surface area contributed by atoms with Crippen molar-refractivity contribution in [1.82, 2.24) is 0 Å². The summed E-state index contributed by atoms with van der Waals surface area (Å²) in [6.07, 6.45) is 3.24. The zero-order valence-electron chi connectivity index (χ0n) is 5.78. The van der Waals surface area contributed by atoms with E-state index >= 15 is 0 Å². The maximum Gasteiger partial charge on any atom is 0.158 e. The average Bonchev–Trinajstić information content (AvgIpc) is 2.41. The lowest BCUT2D eigenvalue weighted by atomic mass is 10.5. The van der Waals surface area contributed by atoms with Gasteiger partial charge >= 0.3 is 0 Å². The smallest absolute Gasteiger partial charge is 0.158 e. The van der Waals surface area contributed by atoms with E-state index < -0.39 is 9.84 Å². The number of ether oxygens (including phenoxy) is 1. The van der Waals surface area contributed by atoms with Crippen LogP contribution in [-0.2, 0) is 14.6 Å². The van der Waals surface area contributed by atoms with Crippen molar-refractivity contribution in [3.05, 3.63) is 12.3 Å². The highest BCUT2D eigenvalue weighted by Crippen LogP contribution is 2.20. The van der Waals surface area contributed by atoms with Gasteiger partial charge in [-0.3, -0.25) is 0 Å². The number of allylic oxidation sites excluding steroid dienone is 1. The zero-order chi connectivity index (χ0) is 7.61. The van der Waals surface area contributed by atoms with Gasteiger partial charge in [-0.15, -0.1) is 0 Å². The normalized spacial score (nSPS) is 28.7. The molecule has 0 amide bonds. The minimum Gasteiger partial charge on any atom is -0.500 e. The van der Waals surface area contributed by atoms with Gasteiger partial charge in [-0.2, -0.15) is 0 Å². The molecule has 0 radical (unpaired) electrons. The van der Waals surface area contributed by atoms with Crippen LogP contribution in [0.1, 0.15) is 6.92 Å². The monoisotopic (exact) mass is 162 g/mol. The molecule has 1 unspecified atom stereocenters. The average molecular weight is 162 g/mol. The lowest BCUT2D eigenvalue weighted by molar-refractivity contribution is 0.259. The fraction of sp³-hybridized carbons (Fsp3) is 0.667. The highest BCUT2D eigenvalue weighted by molar-refractivity contribution is 7.99. The molecule has 1 aliphatic rings. The molecule has 3 nitrogen and oxygen atoms in total. The Balaban J connectivity index is 2.19. The third kappa shape index (κ3) is 1.73. The van der Waals surface area contributed by atoms with Gasteiger partial charge in [0.15, 0.2) is 9.84 Å². The maximum absolute atomic E-state index is 10.6. The first-order valence-electron chi connectivity index (χ1n) is 3.11. The Kier molecular flexibility index (Phi) is 1.99. The molecular weight excluding hydrogens is 152 g/mol. The van der Waals surface area contributed by atoms with Crippen LogP contribution in [-0.4, -0.2) is 26.0 Å². The lowest BCUT2D eigenvalue weighted by Gasteiger charge is -1.92. The number of hydrogen-bond acceptors (Lipinski definition) is 3. The first-order chi connectivity index (χ1) is 4.67. The lowest BCUT2D eigenvalue weighted by Crippen LogP contribution is -1.97. The minimum absolute atomic E-state index is 0.233. The third-order valence-electron chi connectivity index (χ3n) is 1.33. The molecule has 0 aliphatic carbocycles. The van der Waals surface area contributed by atoms with Crippen LogP contribution < -0.4 is 0 Å². The molecule has 0 aromatic rings. The molecule has 0 saturated carbocycles. The van der Waals surface area contributed by atoms with Crippen LogP contribution >= 0.6 is 0 Å². The van der Waals surface area contributed by atoms with Gasteiger partial charge in [0.1, 0.15) is 11.9 Å². The van der Waals surface area contributed by atoms with Crippen LogP contribution in [0.15, 0.2) is 12.3 Å². The van der Waals surface area contributed by atoms with Gasteiger partial charge in [0.25, 0.3) is 0 Å². The van der Waals surface area contributed by atoms with Crippen molar-refractivity contribution in [2.45, 2.75) is 12.2 Å². The molecule has 1 aliphatic heterocycles. The Morgan fingerprint density at radius 2 is 2.30 bits per heavy atom. The summed E-state index contributed by atoms with van der Waals surface area (Å²) in [6, 6.07) is 0. The minimum atomic E-state index is -2.70. The van der Waals surface area contributed by atoms with Crippen LogP contribution in [0.25, 0.3) is 0 Å². The Labute approximate surface area is 60.6 Å². The molecule has 0 spiro atoms. The van der Waals surface area contributed by atoms with E-state index in [4.69, 9.17) is 4.74 Å². The molecule has 1 saturated heterocycles. The summed E-state index contributed by atoms with van der Waals surface area (Å²) in [5.41, 5.74) is 0. The van der Waals surface area contributed by atoms with Crippen LogP contribution in [0, 0.1) is 0 Å². The Morgan fingerprint density at radius 3 is 2.70 bits per heavy atom. The highest BCUT2D eigenvalue weighted by atomic mass is 32.2. The van der Waals surface area contributed by atoms with Gasteiger partial charge in [0.2, 0.25) is 0 Å². The largest absolute Gasteiger partial charge is 0.500 e. The second-order valence-corrected chi connectivity index (χ2v) is 4.58. The Hall–Kier alpha value is -0.510. The summed E-state index contributed by atoms with van der Waals surface area (Å²) in [5.74, 6) is 0.296. The predicted molar refractivity (Wildman–Crippen MR) is 38.3 cm³/mol. The van der Waals surface area contributed by atoms with Gasteiger partial charge < -0.3 is 4.74 Å². The molecule has 10 heavy (non-hydrogen) atoms. The molecule has 1 rings (SSSR count). The summed E-state index contributed by atoms with van der Waals surface area (Å²) < 4.78 is 26.0. The van der Waals surface area contributed by atoms with E-state index in [1.807, 2.05) is 6.92 Å². The predicted octanol–water partition coefficient (Wildman–Crippen LogP) is 0.334. The van der Waals surface area contributed by atoms with Crippen molar-refractivity contribution < 1.29 is 13.2 Å². The second-order valence-electron chi connectivity index (χ2n) is 2.25. The molecule has 4 heteroatoms. The fourth-order valence-corrected chi connectivity index (χ4v) is 1.79. The van der Waals surface area contributed by atoms with Gasteiger partial charge in [-0.1, -0.05) is 6.08 Å². The standard InChI is InChI=1S/C6H10O3S/c1-2-3-9-4-6-5-10(6,7)8/h2-3,6H,4-5H2,1H3/b3-2+. The van der Waals surface area contributed by atoms with E-state index in [2.05, 4.69) is 0 Å². The van der Waals surface area contributed by atoms with E-state index in [0.717, 1.165) is 0 Å². The van der Waals surface area contributed by atoms with E-state index in [9.17, 15) is 8.42 Å². The van der Waals surface area contributed by atoms with Crippen molar-refractivity contribution in [2.24, 2.45) is 0 Å². The zero-order valence-corrected chi connectivity index (χ0v) is 6.60. The van der Waals surface area contributed by atoms with E-state index in [1.165, 1.54) is 6.26 Å². The van der Waals surface area contributed by atoms with Crippen molar-refractivity contribution >= 4 is 9.84 Å². The van der Waals surface area contributed by atoms with Gasteiger partial charge in [0.05, 0.1) is 12.0 Å². The first-order valence-corrected chi connectivity index (χ1v) is 4.82. The number of rotatable bonds is 3. The highest BCUT2D eigenvalue weighted by Gasteiger charge is 2.43. The number of hydrogen-bond donors (Lipinski definition) is 0. The summed E-state index contributed by atoms with van der Waals surface area (Å²) in [4.78, 5) is 0. The van der Waals surface area contributed by atoms with Crippen LogP contribution in [0.2, 0.25) is 0 Å². The van der Waals surface area contributed by atoms with Crippen LogP contribution in [0.4, 0.5) is 0 Å². The second kappa shape index (κ2) is 2.62. The topological polar surface area (TPSA) is 43.4 Å². The number of sulfone groups is 1. The maximum atomic E-state index is 10.6. The van der Waals surface area contributed by atoms with Gasteiger partial charge in [-0.25, -0.2) is 8.42 Å². The molecule has 1 atom stereocenters. The Morgan fingerprint density at radius 1 is 1.70 bits per heavy atom. The summed E-state index contributed by atoms with van der Waals surface area (Å²) in [6.45, 7) is 2.13. The summed E-state index contributed by atoms with van der Waals surface area (Å²) >= 11 is 0. The van der Waals surface area contributed by atoms with Crippen LogP contribution in [0.3, 0.4) is 0 Å². The molecule has 1 heterocycles. The summed E-state index contributed by atoms with van der Waals surface area (Å²) in [5, 5.41) is -0.233. The molecule has 0 aromatic carbocycles. The van der Waals surface area contributed by atoms with Crippen molar-refractivity contribution in [3.63, 3.8) is 0 Å². The van der Waals surface area contributed by atoms with Crippen molar-refractivity contribution in [3.8, 4) is 0 Å². The molecular formula is C6H10O3S. The Bertz CT molecular complexity index is 227. The quantitative estimate of drug-likeness (QED) is 0.444. The fourth-order valence-electron chi connectivity index (χ4n) is 0.631. The van der Waals surface area contributed by atoms with E-state index in [0.29, 0.717) is 12.4 Å². The molecule has 1 fully saturated rings. The SMILES string of the molecule is C/C=C/OCC1CS1(=O)=O. The summed E-state index contributed by atoms with van der Waals surface area (Å²) in [7, 11) is -2.70. The van der Waals surface area contributed by atoms with Gasteiger partial charge in [0, 0.05) is 0 Å². The molecule has 0 N–H and O–H groups in total. The van der Waals surface area contributed by atoms with Crippen molar-refractivity contribution in [1.29, 1.82) is 0 Å². The molecule has 58 valence electrons. The van der Waals surface area contributed by atoms with Crippen LogP contribution in [0.5, 0.6) is 0 Å². The molecule has 0 aromatic heterocycles. The van der Waals surface area contributed by atoms with E-state index in [-0.39, 0.29) is 5.25 Å². The third-order valence-corrected chi connectivity index (χ3v) is 3.08. The van der Waals surface area contributed by atoms with E-state index in [1.54, 1.807) is 6.08 Å². The van der Waals surface area contributed by atoms with Crippen molar-refractivity contribution in [2.75, 3.05) is 12.4 Å². The first kappa shape index (κ1) is 7.60. The van der Waals surface area contributed by atoms with Gasteiger partial charge in [-0.05, 0) is 6.92 Å². The molecule has 0 bridgehead atoms.